The Kier molecular flexibility index (Phi) is 8.87. The summed E-state index contributed by atoms with van der Waals surface area (Å²) < 4.78 is 44.1. The summed E-state index contributed by atoms with van der Waals surface area (Å²) >= 11 is 0. The molecule has 1 aliphatic rings. The highest BCUT2D eigenvalue weighted by molar-refractivity contribution is 14.0. The summed E-state index contributed by atoms with van der Waals surface area (Å²) in [5.41, 5.74) is -0.886. The van der Waals surface area contributed by atoms with Gasteiger partial charge in [0.25, 0.3) is 0 Å². The molecule has 0 saturated carbocycles. The van der Waals surface area contributed by atoms with Crippen molar-refractivity contribution in [2.45, 2.75) is 6.18 Å². The third kappa shape index (κ3) is 6.31. The molecule has 0 unspecified atom stereocenters. The molecule has 0 spiro atoms. The fourth-order valence-corrected chi connectivity index (χ4v) is 2.94. The van der Waals surface area contributed by atoms with Gasteiger partial charge in [-0.1, -0.05) is 0 Å². The maximum atomic E-state index is 13.0. The summed E-state index contributed by atoms with van der Waals surface area (Å²) in [4.78, 5) is 20.6. The number of piperazine rings is 1. The minimum Gasteiger partial charge on any atom is -0.475 e. The van der Waals surface area contributed by atoms with Crippen molar-refractivity contribution >= 4 is 35.9 Å². The Morgan fingerprint density at radius 2 is 1.77 bits per heavy atom. The summed E-state index contributed by atoms with van der Waals surface area (Å²) in [6.07, 6.45) is 0.185. The first-order valence-electron chi connectivity index (χ1n) is 9.11. The van der Waals surface area contributed by atoms with Gasteiger partial charge >= 0.3 is 6.18 Å². The van der Waals surface area contributed by atoms with Crippen molar-refractivity contribution in [3.8, 4) is 5.88 Å². The van der Waals surface area contributed by atoms with Gasteiger partial charge in [0.1, 0.15) is 12.2 Å². The molecule has 1 fully saturated rings. The normalized spacial score (nSPS) is 14.9. The molecule has 0 amide bonds. The molecule has 0 aromatic carbocycles. The molecule has 30 heavy (non-hydrogen) atoms. The number of halogens is 4. The predicted octanol–water partition coefficient (Wildman–Crippen LogP) is 2.28. The van der Waals surface area contributed by atoms with E-state index in [2.05, 4.69) is 35.1 Å². The van der Waals surface area contributed by atoms with Gasteiger partial charge in [-0.2, -0.15) is 13.2 Å². The number of aliphatic imine (C=N–C) groups is 1. The molecule has 0 bridgehead atoms. The van der Waals surface area contributed by atoms with E-state index in [0.29, 0.717) is 18.5 Å². The molecule has 0 atom stereocenters. The van der Waals surface area contributed by atoms with Crippen LogP contribution in [-0.2, 0) is 6.18 Å². The van der Waals surface area contributed by atoms with E-state index < -0.39 is 17.6 Å². The van der Waals surface area contributed by atoms with E-state index >= 15 is 0 Å². The zero-order valence-electron chi connectivity index (χ0n) is 16.3. The second-order valence-corrected chi connectivity index (χ2v) is 6.20. The van der Waals surface area contributed by atoms with Crippen molar-refractivity contribution in [1.29, 1.82) is 0 Å². The first kappa shape index (κ1) is 23.9. The molecule has 2 aromatic rings. The zero-order valence-corrected chi connectivity index (χ0v) is 18.7. The minimum absolute atomic E-state index is 0. The fourth-order valence-electron chi connectivity index (χ4n) is 2.94. The van der Waals surface area contributed by atoms with Crippen molar-refractivity contribution in [3.63, 3.8) is 0 Å². The number of guanidine groups is 1. The Bertz CT molecular complexity index is 815. The number of hydrogen-bond acceptors (Lipinski definition) is 6. The minimum atomic E-state index is -4.50. The lowest BCUT2D eigenvalue weighted by atomic mass is 10.2. The first-order valence-corrected chi connectivity index (χ1v) is 9.11. The third-order valence-electron chi connectivity index (χ3n) is 4.33. The van der Waals surface area contributed by atoms with Crippen molar-refractivity contribution < 1.29 is 17.9 Å². The van der Waals surface area contributed by atoms with Crippen LogP contribution in [0, 0.1) is 0 Å². The summed E-state index contributed by atoms with van der Waals surface area (Å²) in [5.74, 6) is 0.937. The SMILES string of the molecule is CN=C(NCCOc1ncccc1C(F)(F)F)N1CCN(c2ncccn2)CC1.I. The highest BCUT2D eigenvalue weighted by Gasteiger charge is 2.35. The Labute approximate surface area is 189 Å². The van der Waals surface area contributed by atoms with E-state index in [1.54, 1.807) is 25.5 Å². The number of hydrogen-bond donors (Lipinski definition) is 1. The topological polar surface area (TPSA) is 78.8 Å². The zero-order chi connectivity index (χ0) is 20.7. The van der Waals surface area contributed by atoms with Crippen molar-refractivity contribution in [2.75, 3.05) is 51.3 Å². The van der Waals surface area contributed by atoms with Gasteiger partial charge in [0.2, 0.25) is 11.8 Å². The van der Waals surface area contributed by atoms with Gasteiger partial charge in [-0.05, 0) is 18.2 Å². The number of anilines is 1. The summed E-state index contributed by atoms with van der Waals surface area (Å²) in [5, 5.41) is 3.11. The van der Waals surface area contributed by atoms with Gasteiger partial charge in [0, 0.05) is 51.8 Å². The summed E-state index contributed by atoms with van der Waals surface area (Å²) in [6, 6.07) is 3.96. The summed E-state index contributed by atoms with van der Waals surface area (Å²) in [6.45, 7) is 3.24. The molecule has 3 heterocycles. The molecular weight excluding hydrogens is 514 g/mol. The predicted molar refractivity (Wildman–Crippen MR) is 117 cm³/mol. The van der Waals surface area contributed by atoms with E-state index in [4.69, 9.17) is 4.74 Å². The molecule has 1 aliphatic heterocycles. The molecular formula is C18H23F3IN7O. The number of nitrogens with zero attached hydrogens (tertiary/aromatic N) is 6. The maximum absolute atomic E-state index is 13.0. The van der Waals surface area contributed by atoms with Crippen LogP contribution in [0.1, 0.15) is 5.56 Å². The average Bonchev–Trinajstić information content (AvgIpc) is 2.74. The quantitative estimate of drug-likeness (QED) is 0.272. The van der Waals surface area contributed by atoms with Crippen LogP contribution in [0.5, 0.6) is 5.88 Å². The second-order valence-electron chi connectivity index (χ2n) is 6.20. The van der Waals surface area contributed by atoms with Gasteiger partial charge in [0.15, 0.2) is 5.96 Å². The van der Waals surface area contributed by atoms with Crippen LogP contribution in [0.25, 0.3) is 0 Å². The molecule has 0 radical (unpaired) electrons. The van der Waals surface area contributed by atoms with Crippen molar-refractivity contribution in [3.05, 3.63) is 42.4 Å². The molecule has 3 rings (SSSR count). The first-order chi connectivity index (χ1) is 14.0. The lowest BCUT2D eigenvalue weighted by Gasteiger charge is -2.36. The molecule has 1 N–H and O–H groups in total. The van der Waals surface area contributed by atoms with Crippen LogP contribution in [0.15, 0.2) is 41.8 Å². The van der Waals surface area contributed by atoms with Crippen LogP contribution in [-0.4, -0.2) is 72.2 Å². The van der Waals surface area contributed by atoms with Crippen LogP contribution < -0.4 is 15.0 Å². The Hall–Kier alpha value is -2.38. The van der Waals surface area contributed by atoms with E-state index in [0.717, 1.165) is 32.2 Å². The highest BCUT2D eigenvalue weighted by atomic mass is 127. The monoisotopic (exact) mass is 537 g/mol. The molecule has 0 aliphatic carbocycles. The fraction of sp³-hybridized carbons (Fsp3) is 0.444. The van der Waals surface area contributed by atoms with E-state index in [1.165, 1.54) is 12.3 Å². The Morgan fingerprint density at radius 3 is 2.40 bits per heavy atom. The van der Waals surface area contributed by atoms with Gasteiger partial charge in [-0.25, -0.2) is 15.0 Å². The number of ether oxygens (including phenoxy) is 1. The van der Waals surface area contributed by atoms with E-state index in [-0.39, 0.29) is 30.6 Å². The van der Waals surface area contributed by atoms with Crippen molar-refractivity contribution in [2.24, 2.45) is 4.99 Å². The van der Waals surface area contributed by atoms with Crippen LogP contribution in [0.3, 0.4) is 0 Å². The maximum Gasteiger partial charge on any atom is 0.421 e. The lowest BCUT2D eigenvalue weighted by Crippen LogP contribution is -2.53. The number of aromatic nitrogens is 3. The van der Waals surface area contributed by atoms with Gasteiger partial charge in [0.05, 0.1) is 6.54 Å². The Balaban J connectivity index is 0.00000320. The number of pyridine rings is 1. The second kappa shape index (κ2) is 11.1. The Morgan fingerprint density at radius 1 is 1.10 bits per heavy atom. The molecule has 2 aromatic heterocycles. The van der Waals surface area contributed by atoms with Crippen LogP contribution in [0.4, 0.5) is 19.1 Å². The van der Waals surface area contributed by atoms with Crippen molar-refractivity contribution in [1.82, 2.24) is 25.2 Å². The van der Waals surface area contributed by atoms with E-state index in [1.807, 2.05) is 0 Å². The third-order valence-corrected chi connectivity index (χ3v) is 4.33. The highest BCUT2D eigenvalue weighted by Crippen LogP contribution is 2.34. The molecule has 12 heteroatoms. The van der Waals surface area contributed by atoms with E-state index in [9.17, 15) is 13.2 Å². The molecule has 8 nitrogen and oxygen atoms in total. The standard InChI is InChI=1S/C18H22F3N7O.HI/c1-22-16(27-9-11-28(12-10-27)17-24-6-3-7-25-17)26-8-13-29-15-14(18(19,20)21)4-2-5-23-15;/h2-7H,8-13H2,1H3,(H,22,26);1H. The molecule has 1 saturated heterocycles. The largest absolute Gasteiger partial charge is 0.475 e. The van der Waals surface area contributed by atoms with Crippen LogP contribution in [0.2, 0.25) is 0 Å². The summed E-state index contributed by atoms with van der Waals surface area (Å²) in [7, 11) is 1.66. The number of alkyl halides is 3. The number of rotatable bonds is 5. The average molecular weight is 537 g/mol. The smallest absolute Gasteiger partial charge is 0.421 e. The van der Waals surface area contributed by atoms with Gasteiger partial charge in [-0.15, -0.1) is 24.0 Å². The number of nitrogens with one attached hydrogen (secondary N) is 1. The lowest BCUT2D eigenvalue weighted by molar-refractivity contribution is -0.139. The van der Waals surface area contributed by atoms with Crippen LogP contribution >= 0.6 is 24.0 Å². The van der Waals surface area contributed by atoms with Gasteiger partial charge < -0.3 is 19.9 Å². The van der Waals surface area contributed by atoms with Gasteiger partial charge in [-0.3, -0.25) is 4.99 Å². The molecule has 164 valence electrons.